The number of carbonyl (C=O) groups excluding carboxylic acids is 8. The fraction of sp³-hybridized carbons (Fsp3) is 0.323. The number of β-lactam (4-membered cyclic amide) rings is 1. The number of carboxylic acids is 1. The van der Waals surface area contributed by atoms with Gasteiger partial charge in [0, 0.05) is 48.2 Å². The molecule has 0 aliphatic carbocycles. The third-order valence-corrected chi connectivity index (χ3v) is 10.8. The molecule has 0 bridgehead atoms. The Kier molecular flexibility index (Phi) is 10.8. The van der Waals surface area contributed by atoms with Crippen LogP contribution in [0.15, 0.2) is 71.0 Å². The van der Waals surface area contributed by atoms with Gasteiger partial charge in [-0.05, 0) is 18.1 Å². The monoisotopic (exact) mass is 724 g/mol. The fourth-order valence-corrected chi connectivity index (χ4v) is 8.07. The quantitative estimate of drug-likeness (QED) is 0.0487. The molecule has 2 aromatic rings. The highest BCUT2D eigenvalue weighted by atomic mass is 32.2. The molecule has 1 aromatic heterocycles. The number of amides is 8. The fourth-order valence-electron chi connectivity index (χ4n) is 5.62. The van der Waals surface area contributed by atoms with Crippen LogP contribution in [0.2, 0.25) is 0 Å². The van der Waals surface area contributed by atoms with Crippen LogP contribution in [0.3, 0.4) is 0 Å². The van der Waals surface area contributed by atoms with Gasteiger partial charge in [-0.3, -0.25) is 38.6 Å². The van der Waals surface area contributed by atoms with Crippen molar-refractivity contribution in [3.8, 4) is 0 Å². The number of hydrogen-bond acceptors (Lipinski definition) is 11. The minimum absolute atomic E-state index is 0.0996. The zero-order chi connectivity index (χ0) is 36.2. The molecule has 3 aliphatic rings. The van der Waals surface area contributed by atoms with Gasteiger partial charge in [0.1, 0.15) is 11.4 Å². The number of likely N-dealkylation sites (N-methyl/N-ethyl adjacent to an activating group) is 1. The van der Waals surface area contributed by atoms with E-state index in [0.717, 1.165) is 21.6 Å². The highest BCUT2D eigenvalue weighted by molar-refractivity contribution is 8.01. The molecule has 2 saturated heterocycles. The first-order valence-corrected chi connectivity index (χ1v) is 17.2. The summed E-state index contributed by atoms with van der Waals surface area (Å²) in [6, 6.07) is 8.82. The van der Waals surface area contributed by atoms with Crippen LogP contribution >= 0.6 is 23.5 Å². The molecule has 2 fully saturated rings. The van der Waals surface area contributed by atoms with Gasteiger partial charge >= 0.3 is 17.8 Å². The Bertz CT molecular complexity index is 1760. The Morgan fingerprint density at radius 1 is 1.10 bits per heavy atom. The molecule has 262 valence electrons. The van der Waals surface area contributed by atoms with Gasteiger partial charge in [0.25, 0.3) is 12.3 Å². The van der Waals surface area contributed by atoms with E-state index in [4.69, 9.17) is 0 Å². The van der Waals surface area contributed by atoms with Crippen molar-refractivity contribution in [3.63, 3.8) is 0 Å². The predicted octanol–water partition coefficient (Wildman–Crippen LogP) is -2.59. The number of piperazine rings is 1. The molecule has 19 heteroatoms. The largest absolute Gasteiger partial charge is 0.543 e. The third-order valence-electron chi connectivity index (χ3n) is 8.26. The third kappa shape index (κ3) is 6.73. The van der Waals surface area contributed by atoms with Gasteiger partial charge in [0.15, 0.2) is 0 Å². The van der Waals surface area contributed by atoms with Gasteiger partial charge in [-0.1, -0.05) is 35.0 Å². The summed E-state index contributed by atoms with van der Waals surface area (Å²) in [5.41, 5.74) is -1.87. The first-order valence-electron chi connectivity index (χ1n) is 15.2. The number of nitrogens with zero attached hydrogens (tertiary/aromatic N) is 5. The molecule has 0 spiro atoms. The maximum Gasteiger partial charge on any atom is 0.325 e. The zero-order valence-corrected chi connectivity index (χ0v) is 28.4. The van der Waals surface area contributed by atoms with E-state index in [1.165, 1.54) is 33.8 Å². The molecule has 3 N–H and O–H groups in total. The van der Waals surface area contributed by atoms with Crippen LogP contribution in [0, 0.1) is 0 Å². The van der Waals surface area contributed by atoms with Gasteiger partial charge in [0.2, 0.25) is 30.4 Å². The number of benzene rings is 1. The first-order chi connectivity index (χ1) is 24.0. The van der Waals surface area contributed by atoms with E-state index in [-0.39, 0.29) is 43.1 Å². The number of imide groups is 1. The van der Waals surface area contributed by atoms with Crippen LogP contribution in [0.4, 0.5) is 4.79 Å². The zero-order valence-electron chi connectivity index (χ0n) is 26.8. The van der Waals surface area contributed by atoms with Crippen molar-refractivity contribution in [3.05, 3.63) is 71.7 Å². The molecule has 50 heavy (non-hydrogen) atoms. The van der Waals surface area contributed by atoms with Gasteiger partial charge in [-0.15, -0.1) is 28.5 Å². The van der Waals surface area contributed by atoms with Gasteiger partial charge in [-0.2, -0.15) is 0 Å². The molecule has 3 aliphatic heterocycles. The minimum atomic E-state index is -2.10. The molecule has 0 saturated carbocycles. The maximum atomic E-state index is 13.9. The summed E-state index contributed by atoms with van der Waals surface area (Å²) < 4.78 is 1.54. The Hall–Kier alpha value is -5.43. The average molecular weight is 725 g/mol. The Balaban J connectivity index is 1.36. The standard InChI is InChI=1S/C31H32N8O9S2/c1-3-36-13-14-38(26(44)25(36)43)30(48)33-22(19-7-5-4-6-8-19)24(42)34-31(32-17-40)28(47)39-23(27(45)46)20(16-50-29(31)39)15-49-21-9-11-37(12-10-21)35(2)18-41/h4-12,17-18,22,29H,3,13-16H2,1-2H3,(H3-,32,33,34,40,42,45,46,48)/t22-,29-,31-/m1/s1. The summed E-state index contributed by atoms with van der Waals surface area (Å²) in [5.74, 6) is -5.21. The smallest absolute Gasteiger partial charge is 0.325 e. The Labute approximate surface area is 294 Å². The molecule has 0 radical (unpaired) electrons. The minimum Gasteiger partial charge on any atom is -0.543 e. The molecule has 5 rings (SSSR count). The molecule has 3 atom stereocenters. The maximum absolute atomic E-state index is 13.9. The number of fused-ring (bicyclic) bond motifs is 1. The SMILES string of the molecule is CCN1CCN(C(=O)N[C@@H](C(=O)N[C@]2(NC=O)C(=O)N3C(C(=O)[O-])=C(CSc4cc[n+](N(C)C=O)cc4)CS[C@@H]32)c2ccccc2)C(=O)C1=O. The van der Waals surface area contributed by atoms with E-state index in [9.17, 15) is 43.5 Å². The van der Waals surface area contributed by atoms with Gasteiger partial charge in [-0.25, -0.2) is 4.79 Å². The van der Waals surface area contributed by atoms with Crippen LogP contribution in [0.1, 0.15) is 18.5 Å². The highest BCUT2D eigenvalue weighted by Crippen LogP contribution is 2.45. The van der Waals surface area contributed by atoms with E-state index in [2.05, 4.69) is 16.0 Å². The van der Waals surface area contributed by atoms with E-state index in [0.29, 0.717) is 16.9 Å². The normalized spacial score (nSPS) is 20.7. The summed E-state index contributed by atoms with van der Waals surface area (Å²) in [6.07, 6.45) is 4.12. The number of pyridine rings is 1. The van der Waals surface area contributed by atoms with Crippen molar-refractivity contribution in [1.82, 2.24) is 30.7 Å². The van der Waals surface area contributed by atoms with E-state index >= 15 is 0 Å². The lowest BCUT2D eigenvalue weighted by Crippen LogP contribution is -2.85. The summed E-state index contributed by atoms with van der Waals surface area (Å²) in [6.45, 7) is 1.95. The highest BCUT2D eigenvalue weighted by Gasteiger charge is 2.65. The topological polar surface area (TPSA) is 213 Å². The summed E-state index contributed by atoms with van der Waals surface area (Å²) in [4.78, 5) is 105. The van der Waals surface area contributed by atoms with Crippen molar-refractivity contribution < 1.29 is 48.1 Å². The van der Waals surface area contributed by atoms with Crippen molar-refractivity contribution in [2.45, 2.75) is 28.9 Å². The average Bonchev–Trinajstić information content (AvgIpc) is 3.13. The van der Waals surface area contributed by atoms with Crippen LogP contribution in [0.5, 0.6) is 0 Å². The summed E-state index contributed by atoms with van der Waals surface area (Å²) in [7, 11) is 1.57. The van der Waals surface area contributed by atoms with E-state index in [1.54, 1.807) is 61.4 Å². The van der Waals surface area contributed by atoms with Crippen LogP contribution in [-0.4, -0.2) is 112 Å². The number of urea groups is 1. The molecular formula is C31H32N8O9S2. The van der Waals surface area contributed by atoms with Crippen LogP contribution < -0.4 is 30.7 Å². The molecule has 4 heterocycles. The number of aliphatic carboxylic acids is 1. The second-order valence-corrected chi connectivity index (χ2v) is 13.3. The van der Waals surface area contributed by atoms with Gasteiger partial charge in [0.05, 0.1) is 18.7 Å². The number of hydrogen-bond donors (Lipinski definition) is 3. The number of nitrogens with one attached hydrogen (secondary N) is 3. The summed E-state index contributed by atoms with van der Waals surface area (Å²) >= 11 is 2.39. The summed E-state index contributed by atoms with van der Waals surface area (Å²) in [5, 5.41) is 19.9. The molecule has 1 aromatic carbocycles. The molecular weight excluding hydrogens is 693 g/mol. The van der Waals surface area contributed by atoms with Crippen molar-refractivity contribution >= 4 is 72.0 Å². The molecule has 8 amide bonds. The number of thioether (sulfide) groups is 2. The number of rotatable bonds is 13. The lowest BCUT2D eigenvalue weighted by atomic mass is 9.94. The van der Waals surface area contributed by atoms with Crippen LogP contribution in [-0.2, 0) is 33.6 Å². The van der Waals surface area contributed by atoms with Crippen LogP contribution in [0.25, 0.3) is 0 Å². The van der Waals surface area contributed by atoms with E-state index in [1.807, 2.05) is 0 Å². The lowest BCUT2D eigenvalue weighted by molar-refractivity contribution is -0.679. The van der Waals surface area contributed by atoms with Crippen molar-refractivity contribution in [2.24, 2.45) is 0 Å². The van der Waals surface area contributed by atoms with E-state index < -0.39 is 58.4 Å². The molecule has 17 nitrogen and oxygen atoms in total. The molecule has 0 unspecified atom stereocenters. The van der Waals surface area contributed by atoms with Crippen molar-refractivity contribution in [2.75, 3.05) is 43.2 Å². The Morgan fingerprint density at radius 2 is 1.80 bits per heavy atom. The number of carboxylic acid groups (broad SMARTS) is 1. The predicted molar refractivity (Wildman–Crippen MR) is 174 cm³/mol. The number of carbonyl (C=O) groups is 8. The lowest BCUT2D eigenvalue weighted by Gasteiger charge is -2.57. The first kappa shape index (κ1) is 35.9. The second-order valence-electron chi connectivity index (χ2n) is 11.2. The van der Waals surface area contributed by atoms with Gasteiger partial charge < -0.3 is 30.8 Å². The number of aromatic nitrogens is 1. The van der Waals surface area contributed by atoms with Crippen molar-refractivity contribution in [1.29, 1.82) is 0 Å². The second kappa shape index (κ2) is 15.0. The Morgan fingerprint density at radius 3 is 2.42 bits per heavy atom.